The molecule has 1 atom stereocenters. The van der Waals surface area contributed by atoms with Gasteiger partial charge in [-0.2, -0.15) is 0 Å². The summed E-state index contributed by atoms with van der Waals surface area (Å²) in [6, 6.07) is 0. The molecule has 2 amide bonds. The van der Waals surface area contributed by atoms with Crippen LogP contribution >= 0.6 is 0 Å². The van der Waals surface area contributed by atoms with Crippen LogP contribution in [-0.2, 0) is 9.53 Å². The number of carbonyl (C=O) groups excluding carboxylic acids is 2. The van der Waals surface area contributed by atoms with Crippen LogP contribution in [-0.4, -0.2) is 42.1 Å². The van der Waals surface area contributed by atoms with Crippen molar-refractivity contribution in [3.05, 3.63) is 12.3 Å². The molecule has 0 fully saturated rings. The van der Waals surface area contributed by atoms with Gasteiger partial charge in [-0.1, -0.05) is 20.8 Å². The van der Waals surface area contributed by atoms with Crippen LogP contribution in [0.25, 0.3) is 0 Å². The molecule has 5 nitrogen and oxygen atoms in total. The van der Waals surface area contributed by atoms with Gasteiger partial charge in [-0.05, 0) is 0 Å². The average Bonchev–Trinajstić information content (AvgIpc) is 2.18. The predicted octanol–water partition coefficient (Wildman–Crippen LogP) is 1.41. The van der Waals surface area contributed by atoms with Gasteiger partial charge in [0.25, 0.3) is 0 Å². The number of carbonyl (C=O) groups is 2. The minimum absolute atomic E-state index is 0.111. The van der Waals surface area contributed by atoms with Crippen LogP contribution in [0, 0.1) is 5.41 Å². The van der Waals surface area contributed by atoms with E-state index in [1.807, 2.05) is 20.8 Å². The highest BCUT2D eigenvalue weighted by molar-refractivity contribution is 5.89. The highest BCUT2D eigenvalue weighted by Gasteiger charge is 2.39. The van der Waals surface area contributed by atoms with Crippen molar-refractivity contribution in [2.24, 2.45) is 5.41 Å². The minimum atomic E-state index is -0.462. The Bertz CT molecular complexity index is 331. The van der Waals surface area contributed by atoms with Crippen LogP contribution in [0.1, 0.15) is 20.8 Å². The van der Waals surface area contributed by atoms with Gasteiger partial charge < -0.3 is 9.64 Å². The van der Waals surface area contributed by atoms with E-state index >= 15 is 0 Å². The molecule has 16 heavy (non-hydrogen) atoms. The van der Waals surface area contributed by atoms with Gasteiger partial charge in [-0.25, -0.2) is 4.79 Å². The summed E-state index contributed by atoms with van der Waals surface area (Å²) in [4.78, 5) is 26.1. The van der Waals surface area contributed by atoms with Crippen molar-refractivity contribution in [1.82, 2.24) is 9.80 Å². The molecule has 0 radical (unpaired) electrons. The first kappa shape index (κ1) is 12.5. The maximum atomic E-state index is 11.6. The molecule has 0 aliphatic carbocycles. The second kappa shape index (κ2) is 4.15. The molecule has 0 bridgehead atoms. The molecule has 0 saturated carbocycles. The monoisotopic (exact) mass is 226 g/mol. The number of likely N-dealkylation sites (N-methyl/N-ethyl adjacent to an activating group) is 1. The van der Waals surface area contributed by atoms with Crippen LogP contribution in [0.3, 0.4) is 0 Å². The Morgan fingerprint density at radius 2 is 2.00 bits per heavy atom. The van der Waals surface area contributed by atoms with Gasteiger partial charge in [0.2, 0.25) is 5.91 Å². The summed E-state index contributed by atoms with van der Waals surface area (Å²) in [6.07, 6.45) is 2.04. The molecular formula is C11H18N2O3. The van der Waals surface area contributed by atoms with E-state index in [0.29, 0.717) is 0 Å². The second-order valence-electron chi connectivity index (χ2n) is 4.88. The lowest BCUT2D eigenvalue weighted by molar-refractivity contribution is -0.134. The summed E-state index contributed by atoms with van der Waals surface area (Å²) in [6.45, 7) is 5.91. The van der Waals surface area contributed by atoms with Gasteiger partial charge in [-0.3, -0.25) is 9.69 Å². The number of hydrogen-bond donors (Lipinski definition) is 0. The molecule has 0 aromatic carbocycles. The third-order valence-electron chi connectivity index (χ3n) is 2.52. The summed E-state index contributed by atoms with van der Waals surface area (Å²) in [7, 11) is 3.00. The van der Waals surface area contributed by atoms with Crippen LogP contribution in [0.2, 0.25) is 0 Å². The summed E-state index contributed by atoms with van der Waals surface area (Å²) >= 11 is 0. The first-order valence-electron chi connectivity index (χ1n) is 5.10. The number of rotatable bonds is 0. The van der Waals surface area contributed by atoms with Crippen LogP contribution in [0.4, 0.5) is 4.79 Å². The zero-order chi connectivity index (χ0) is 12.5. The van der Waals surface area contributed by atoms with E-state index in [9.17, 15) is 9.59 Å². The fourth-order valence-corrected chi connectivity index (χ4v) is 1.91. The zero-order valence-corrected chi connectivity index (χ0v) is 10.4. The number of amides is 2. The number of nitrogens with zero attached hydrogens (tertiary/aromatic N) is 2. The summed E-state index contributed by atoms with van der Waals surface area (Å²) < 4.78 is 4.70. The minimum Gasteiger partial charge on any atom is -0.452 e. The number of hydrogen-bond acceptors (Lipinski definition) is 3. The smallest absolute Gasteiger partial charge is 0.415 e. The fourth-order valence-electron chi connectivity index (χ4n) is 1.91. The second-order valence-corrected chi connectivity index (χ2v) is 4.88. The Labute approximate surface area is 95.6 Å². The van der Waals surface area contributed by atoms with Crippen LogP contribution < -0.4 is 0 Å². The molecule has 90 valence electrons. The fraction of sp³-hybridized carbons (Fsp3) is 0.636. The number of methoxy groups -OCH3 is 1. The van der Waals surface area contributed by atoms with Gasteiger partial charge in [0.15, 0.2) is 0 Å². The highest BCUT2D eigenvalue weighted by Crippen LogP contribution is 2.29. The molecule has 0 N–H and O–H groups in total. The van der Waals surface area contributed by atoms with Crippen molar-refractivity contribution in [2.45, 2.75) is 26.9 Å². The summed E-state index contributed by atoms with van der Waals surface area (Å²) in [5.41, 5.74) is -0.247. The van der Waals surface area contributed by atoms with Crippen molar-refractivity contribution in [3.8, 4) is 0 Å². The molecule has 1 unspecified atom stereocenters. The largest absolute Gasteiger partial charge is 0.452 e. The zero-order valence-electron chi connectivity index (χ0n) is 10.4. The van der Waals surface area contributed by atoms with Gasteiger partial charge in [0.05, 0.1) is 7.11 Å². The van der Waals surface area contributed by atoms with E-state index in [-0.39, 0.29) is 17.5 Å². The highest BCUT2D eigenvalue weighted by atomic mass is 16.5. The van der Waals surface area contributed by atoms with Crippen molar-refractivity contribution < 1.29 is 14.3 Å². The lowest BCUT2D eigenvalue weighted by atomic mass is 9.89. The van der Waals surface area contributed by atoms with Crippen LogP contribution in [0.5, 0.6) is 0 Å². The van der Waals surface area contributed by atoms with Crippen molar-refractivity contribution in [3.63, 3.8) is 0 Å². The molecule has 1 heterocycles. The van der Waals surface area contributed by atoms with Crippen LogP contribution in [0.15, 0.2) is 12.3 Å². The van der Waals surface area contributed by atoms with Gasteiger partial charge in [0.1, 0.15) is 6.17 Å². The van der Waals surface area contributed by atoms with Gasteiger partial charge in [0, 0.05) is 24.7 Å². The van der Waals surface area contributed by atoms with E-state index in [1.54, 1.807) is 7.05 Å². The molecule has 1 aliphatic rings. The van der Waals surface area contributed by atoms with E-state index in [4.69, 9.17) is 4.74 Å². The Kier molecular flexibility index (Phi) is 3.26. The normalized spacial score (nSPS) is 21.3. The molecule has 0 aromatic rings. The van der Waals surface area contributed by atoms with E-state index < -0.39 is 6.09 Å². The maximum Gasteiger partial charge on any atom is 0.415 e. The van der Waals surface area contributed by atoms with E-state index in [2.05, 4.69) is 0 Å². The Morgan fingerprint density at radius 1 is 1.44 bits per heavy atom. The topological polar surface area (TPSA) is 49.9 Å². The number of ether oxygens (including phenoxy) is 1. The lowest BCUT2D eigenvalue weighted by Crippen LogP contribution is -2.57. The van der Waals surface area contributed by atoms with Gasteiger partial charge >= 0.3 is 6.09 Å². The third-order valence-corrected chi connectivity index (χ3v) is 2.52. The molecule has 0 saturated heterocycles. The molecule has 0 spiro atoms. The molecule has 1 aliphatic heterocycles. The van der Waals surface area contributed by atoms with Crippen molar-refractivity contribution in [1.29, 1.82) is 0 Å². The third kappa shape index (κ3) is 2.18. The first-order chi connectivity index (χ1) is 7.29. The Balaban J connectivity index is 3.10. The average molecular weight is 226 g/mol. The van der Waals surface area contributed by atoms with Gasteiger partial charge in [-0.15, -0.1) is 0 Å². The predicted molar refractivity (Wildman–Crippen MR) is 59.4 cm³/mol. The van der Waals surface area contributed by atoms with E-state index in [0.717, 1.165) is 0 Å². The SMILES string of the molecule is COC(=O)N1C=CC(=O)N(C)C1C(C)(C)C. The molecular weight excluding hydrogens is 208 g/mol. The van der Waals surface area contributed by atoms with Crippen molar-refractivity contribution in [2.75, 3.05) is 14.2 Å². The maximum absolute atomic E-state index is 11.6. The van der Waals surface area contributed by atoms with E-state index in [1.165, 1.54) is 29.2 Å². The molecule has 5 heteroatoms. The lowest BCUT2D eigenvalue weighted by Gasteiger charge is -2.44. The Hall–Kier alpha value is -1.52. The molecule has 0 aromatic heterocycles. The standard InChI is InChI=1S/C11H18N2O3/c1-11(2,3)9-12(4)8(14)6-7-13(9)10(15)16-5/h6-7,9H,1-5H3. The van der Waals surface area contributed by atoms with Crippen molar-refractivity contribution >= 4 is 12.0 Å². The summed E-state index contributed by atoms with van der Waals surface area (Å²) in [5, 5.41) is 0. The molecule has 1 rings (SSSR count). The summed E-state index contributed by atoms with van der Waals surface area (Å²) in [5.74, 6) is -0.111. The first-order valence-corrected chi connectivity index (χ1v) is 5.10. The quantitative estimate of drug-likeness (QED) is 0.627. The Morgan fingerprint density at radius 3 is 2.44 bits per heavy atom.